The third-order valence-electron chi connectivity index (χ3n) is 5.28. The minimum Gasteiger partial charge on any atom is -0.387 e. The van der Waals surface area contributed by atoms with Crippen LogP contribution in [-0.2, 0) is 0 Å². The predicted molar refractivity (Wildman–Crippen MR) is 80.6 cm³/mol. The van der Waals surface area contributed by atoms with E-state index in [-0.39, 0.29) is 0 Å². The molecule has 2 N–H and O–H groups in total. The third kappa shape index (κ3) is 2.77. The van der Waals surface area contributed by atoms with Gasteiger partial charge in [0.05, 0.1) is 5.60 Å². The Morgan fingerprint density at radius 2 is 1.70 bits per heavy atom. The highest BCUT2D eigenvalue weighted by atomic mass is 16.3. The fourth-order valence-corrected chi connectivity index (χ4v) is 3.65. The van der Waals surface area contributed by atoms with Crippen LogP contribution in [0.15, 0.2) is 24.3 Å². The minimum atomic E-state index is -0.922. The summed E-state index contributed by atoms with van der Waals surface area (Å²) in [4.78, 5) is 0. The zero-order valence-electron chi connectivity index (χ0n) is 12.2. The van der Waals surface area contributed by atoms with Crippen LogP contribution in [0.1, 0.15) is 80.9 Å². The Morgan fingerprint density at radius 3 is 2.30 bits per heavy atom. The molecule has 0 radical (unpaired) electrons. The monoisotopic (exact) mass is 274 g/mol. The number of benzene rings is 1. The maximum atomic E-state index is 10.8. The Hall–Kier alpha value is -0.860. The second-order valence-corrected chi connectivity index (χ2v) is 6.72. The molecule has 1 unspecified atom stereocenters. The van der Waals surface area contributed by atoms with Gasteiger partial charge in [0.25, 0.3) is 0 Å². The summed E-state index contributed by atoms with van der Waals surface area (Å²) in [7, 11) is 0. The van der Waals surface area contributed by atoms with Crippen molar-refractivity contribution in [2.45, 2.75) is 75.4 Å². The molecule has 1 aromatic carbocycles. The summed E-state index contributed by atoms with van der Waals surface area (Å²) in [6, 6.07) is 8.29. The van der Waals surface area contributed by atoms with Gasteiger partial charge in [-0.05, 0) is 42.7 Å². The lowest BCUT2D eigenvalue weighted by molar-refractivity contribution is -0.0867. The van der Waals surface area contributed by atoms with Crippen LogP contribution in [0, 0.1) is 0 Å². The summed E-state index contributed by atoms with van der Waals surface area (Å²) in [6.07, 6.45) is 8.97. The second-order valence-electron chi connectivity index (χ2n) is 6.72. The number of aliphatic hydroxyl groups is 2. The van der Waals surface area contributed by atoms with Gasteiger partial charge in [0.2, 0.25) is 0 Å². The maximum absolute atomic E-state index is 10.8. The van der Waals surface area contributed by atoms with Crippen molar-refractivity contribution in [1.29, 1.82) is 0 Å². The Kier molecular flexibility index (Phi) is 4.13. The fraction of sp³-hybridized carbons (Fsp3) is 0.667. The minimum absolute atomic E-state index is 0.672. The van der Waals surface area contributed by atoms with Crippen molar-refractivity contribution in [1.82, 2.24) is 0 Å². The van der Waals surface area contributed by atoms with Crippen LogP contribution in [0.2, 0.25) is 0 Å². The van der Waals surface area contributed by atoms with E-state index in [1.807, 2.05) is 12.1 Å². The zero-order chi connectivity index (χ0) is 14.0. The molecule has 2 nitrogen and oxygen atoms in total. The van der Waals surface area contributed by atoms with Gasteiger partial charge in [-0.15, -0.1) is 0 Å². The highest BCUT2D eigenvalue weighted by Gasteiger charge is 2.37. The Labute approximate surface area is 121 Å². The second kappa shape index (κ2) is 5.87. The molecular weight excluding hydrogens is 248 g/mol. The van der Waals surface area contributed by atoms with Gasteiger partial charge >= 0.3 is 0 Å². The topological polar surface area (TPSA) is 40.5 Å². The molecule has 1 aromatic rings. The highest BCUT2D eigenvalue weighted by Crippen LogP contribution is 2.40. The van der Waals surface area contributed by atoms with Crippen molar-refractivity contribution >= 4 is 0 Å². The predicted octanol–water partition coefficient (Wildman–Crippen LogP) is 4.07. The van der Waals surface area contributed by atoms with Crippen LogP contribution in [-0.4, -0.2) is 15.8 Å². The van der Waals surface area contributed by atoms with Crippen molar-refractivity contribution < 1.29 is 10.2 Å². The molecule has 0 bridgehead atoms. The fourth-order valence-electron chi connectivity index (χ4n) is 3.65. The average molecular weight is 274 g/mol. The first-order chi connectivity index (χ1) is 9.69. The van der Waals surface area contributed by atoms with E-state index in [0.717, 1.165) is 31.2 Å². The lowest BCUT2D eigenvalue weighted by Gasteiger charge is -2.33. The number of hydrogen-bond acceptors (Lipinski definition) is 2. The molecule has 20 heavy (non-hydrogen) atoms. The lowest BCUT2D eigenvalue weighted by atomic mass is 9.78. The number of aliphatic hydroxyl groups excluding tert-OH is 1. The van der Waals surface area contributed by atoms with Gasteiger partial charge in [0, 0.05) is 0 Å². The van der Waals surface area contributed by atoms with Gasteiger partial charge in [-0.3, -0.25) is 0 Å². The van der Waals surface area contributed by atoms with E-state index in [0.29, 0.717) is 5.92 Å². The first kappa shape index (κ1) is 14.1. The molecule has 3 rings (SSSR count). The Bertz CT molecular complexity index is 442. The zero-order valence-corrected chi connectivity index (χ0v) is 12.2. The quantitative estimate of drug-likeness (QED) is 0.816. The van der Waals surface area contributed by atoms with Gasteiger partial charge in [0.1, 0.15) is 6.10 Å². The summed E-state index contributed by atoms with van der Waals surface area (Å²) in [5, 5.41) is 21.5. The molecule has 110 valence electrons. The van der Waals surface area contributed by atoms with Crippen LogP contribution >= 0.6 is 0 Å². The summed E-state index contributed by atoms with van der Waals surface area (Å²) in [5.74, 6) is 0.672. The first-order valence-electron chi connectivity index (χ1n) is 8.19. The van der Waals surface area contributed by atoms with E-state index >= 15 is 0 Å². The lowest BCUT2D eigenvalue weighted by Crippen LogP contribution is -2.35. The van der Waals surface area contributed by atoms with Crippen LogP contribution < -0.4 is 0 Å². The Balaban J connectivity index is 1.79. The van der Waals surface area contributed by atoms with E-state index in [9.17, 15) is 10.2 Å². The smallest absolute Gasteiger partial charge is 0.108 e. The van der Waals surface area contributed by atoms with Crippen LogP contribution in [0.5, 0.6) is 0 Å². The van der Waals surface area contributed by atoms with E-state index < -0.39 is 11.7 Å². The van der Waals surface area contributed by atoms with Crippen molar-refractivity contribution in [3.63, 3.8) is 0 Å². The molecule has 0 amide bonds. The van der Waals surface area contributed by atoms with Gasteiger partial charge in [-0.2, -0.15) is 0 Å². The maximum Gasteiger partial charge on any atom is 0.108 e. The van der Waals surface area contributed by atoms with E-state index in [4.69, 9.17) is 0 Å². The largest absolute Gasteiger partial charge is 0.387 e. The normalized spacial score (nSPS) is 24.7. The van der Waals surface area contributed by atoms with E-state index in [2.05, 4.69) is 12.1 Å². The molecule has 0 aliphatic heterocycles. The van der Waals surface area contributed by atoms with Crippen LogP contribution in [0.25, 0.3) is 0 Å². The molecule has 2 saturated carbocycles. The van der Waals surface area contributed by atoms with Crippen LogP contribution in [0.3, 0.4) is 0 Å². The van der Waals surface area contributed by atoms with Gasteiger partial charge in [-0.1, -0.05) is 56.4 Å². The highest BCUT2D eigenvalue weighted by molar-refractivity contribution is 5.30. The summed E-state index contributed by atoms with van der Waals surface area (Å²) in [6.45, 7) is 0. The van der Waals surface area contributed by atoms with Crippen molar-refractivity contribution in [2.24, 2.45) is 0 Å². The average Bonchev–Trinajstić information content (AvgIpc) is 2.62. The van der Waals surface area contributed by atoms with Gasteiger partial charge < -0.3 is 10.2 Å². The van der Waals surface area contributed by atoms with Gasteiger partial charge in [-0.25, -0.2) is 0 Å². The van der Waals surface area contributed by atoms with Crippen molar-refractivity contribution in [2.75, 3.05) is 0 Å². The molecule has 2 aliphatic rings. The molecule has 2 fully saturated rings. The third-order valence-corrected chi connectivity index (χ3v) is 5.28. The number of rotatable bonds is 3. The first-order valence-corrected chi connectivity index (χ1v) is 8.19. The molecule has 0 saturated heterocycles. The number of hydrogen-bond donors (Lipinski definition) is 2. The summed E-state index contributed by atoms with van der Waals surface area (Å²) >= 11 is 0. The summed E-state index contributed by atoms with van der Waals surface area (Å²) in [5.41, 5.74) is 1.32. The van der Waals surface area contributed by atoms with Crippen LogP contribution in [0.4, 0.5) is 0 Å². The molecule has 1 atom stereocenters. The van der Waals surface area contributed by atoms with Crippen molar-refractivity contribution in [3.05, 3.63) is 35.4 Å². The standard InChI is InChI=1S/C18H26O2/c19-17(18(20)11-3-1-2-4-12-18)16-10-6-9-15(13-16)14-7-5-8-14/h6,9-10,13-14,17,19-20H,1-5,7-8,11-12H2. The van der Waals surface area contributed by atoms with Gasteiger partial charge in [0.15, 0.2) is 0 Å². The molecule has 2 heteroatoms. The SMILES string of the molecule is OC(c1cccc(C2CCC2)c1)C1(O)CCCCCC1. The van der Waals surface area contributed by atoms with E-state index in [1.165, 1.54) is 37.7 Å². The molecule has 2 aliphatic carbocycles. The Morgan fingerprint density at radius 1 is 1.00 bits per heavy atom. The van der Waals surface area contributed by atoms with E-state index in [1.54, 1.807) is 0 Å². The molecule has 0 aromatic heterocycles. The van der Waals surface area contributed by atoms with Crippen molar-refractivity contribution in [3.8, 4) is 0 Å². The molecule has 0 heterocycles. The summed E-state index contributed by atoms with van der Waals surface area (Å²) < 4.78 is 0. The molecular formula is C18H26O2. The molecule has 0 spiro atoms.